The summed E-state index contributed by atoms with van der Waals surface area (Å²) in [5.74, 6) is 0.256. The number of halogens is 1. The topological polar surface area (TPSA) is 78.8 Å². The first-order valence-electron chi connectivity index (χ1n) is 7.86. The maximum atomic E-state index is 12.1. The average Bonchev–Trinajstić information content (AvgIpc) is 2.62. The third-order valence-corrected chi connectivity index (χ3v) is 4.81. The van der Waals surface area contributed by atoms with Crippen LogP contribution in [0.2, 0.25) is 0 Å². The Morgan fingerprint density at radius 1 is 1.08 bits per heavy atom. The van der Waals surface area contributed by atoms with Gasteiger partial charge >= 0.3 is 0 Å². The molecule has 0 aliphatic carbocycles. The lowest BCUT2D eigenvalue weighted by molar-refractivity contribution is -0.124. The van der Waals surface area contributed by atoms with Crippen LogP contribution in [-0.2, 0) is 4.79 Å². The summed E-state index contributed by atoms with van der Waals surface area (Å²) in [6.45, 7) is -0.537. The molecule has 5 nitrogen and oxygen atoms in total. The number of rotatable bonds is 6. The van der Waals surface area contributed by atoms with E-state index in [4.69, 9.17) is 4.74 Å². The van der Waals surface area contributed by atoms with Crippen molar-refractivity contribution in [1.29, 1.82) is 0 Å². The Hall–Kier alpha value is -1.90. The van der Waals surface area contributed by atoms with Crippen molar-refractivity contribution >= 4 is 50.0 Å². The van der Waals surface area contributed by atoms with E-state index in [0.29, 0.717) is 5.75 Å². The molecular formula is C19H18INO4. The Balaban J connectivity index is 1.88. The molecule has 3 N–H and O–H groups in total. The van der Waals surface area contributed by atoms with Crippen LogP contribution >= 0.6 is 22.6 Å². The van der Waals surface area contributed by atoms with Crippen molar-refractivity contribution in [2.45, 2.75) is 10.2 Å². The van der Waals surface area contributed by atoms with Crippen LogP contribution in [0.25, 0.3) is 21.5 Å². The van der Waals surface area contributed by atoms with Gasteiger partial charge in [0.15, 0.2) is 6.61 Å². The Labute approximate surface area is 158 Å². The molecule has 0 spiro atoms. The first-order valence-corrected chi connectivity index (χ1v) is 9.10. The molecule has 0 saturated heterocycles. The monoisotopic (exact) mass is 451 g/mol. The highest BCUT2D eigenvalue weighted by Crippen LogP contribution is 2.34. The summed E-state index contributed by atoms with van der Waals surface area (Å²) in [6.07, 6.45) is 0. The van der Waals surface area contributed by atoms with E-state index in [9.17, 15) is 15.0 Å². The number of ether oxygens (including phenoxy) is 1. The number of alkyl halides is 1. The predicted octanol–water partition coefficient (Wildman–Crippen LogP) is 2.60. The molecule has 6 heteroatoms. The van der Waals surface area contributed by atoms with E-state index in [2.05, 4.69) is 11.4 Å². The standard InChI is InChI=1S/C19H18INO4/c20-19(24)16(10-22)21-17(23)11-25-18-14-7-3-1-5-12(14)9-13-6-2-4-8-15(13)18/h1-9,16,19,22,24H,10-11H2,(H,21,23)/t16?,19-/m0/s1. The van der Waals surface area contributed by atoms with Crippen molar-refractivity contribution in [3.63, 3.8) is 0 Å². The van der Waals surface area contributed by atoms with Gasteiger partial charge in [-0.15, -0.1) is 0 Å². The number of nitrogens with one attached hydrogen (secondary N) is 1. The summed E-state index contributed by atoms with van der Waals surface area (Å²) in [5.41, 5.74) is 0. The van der Waals surface area contributed by atoms with Gasteiger partial charge in [0.25, 0.3) is 5.91 Å². The third kappa shape index (κ3) is 4.02. The Kier molecular flexibility index (Phi) is 5.72. The molecule has 3 aromatic rings. The molecule has 0 aromatic heterocycles. The SMILES string of the molecule is O=C(COc1c2ccccc2cc2ccccc12)NC(CO)[C@H](O)I. The first kappa shape index (κ1) is 17.9. The van der Waals surface area contributed by atoms with Crippen LogP contribution in [0, 0.1) is 0 Å². The quantitative estimate of drug-likeness (QED) is 0.306. The van der Waals surface area contributed by atoms with Gasteiger partial charge in [0.2, 0.25) is 0 Å². The molecule has 3 aromatic carbocycles. The van der Waals surface area contributed by atoms with Gasteiger partial charge in [-0.3, -0.25) is 4.79 Å². The van der Waals surface area contributed by atoms with Crippen molar-refractivity contribution in [3.05, 3.63) is 54.6 Å². The van der Waals surface area contributed by atoms with Crippen molar-refractivity contribution in [3.8, 4) is 5.75 Å². The molecule has 0 radical (unpaired) electrons. The van der Waals surface area contributed by atoms with Gasteiger partial charge in [0.05, 0.1) is 12.6 Å². The van der Waals surface area contributed by atoms with E-state index in [0.717, 1.165) is 21.5 Å². The van der Waals surface area contributed by atoms with E-state index in [-0.39, 0.29) is 13.2 Å². The molecule has 1 unspecified atom stereocenters. The van der Waals surface area contributed by atoms with Gasteiger partial charge in [-0.1, -0.05) is 48.5 Å². The maximum absolute atomic E-state index is 12.1. The fourth-order valence-electron chi connectivity index (χ4n) is 2.71. The van der Waals surface area contributed by atoms with E-state index in [1.165, 1.54) is 0 Å². The minimum atomic E-state index is -0.870. The minimum absolute atomic E-state index is 0.197. The van der Waals surface area contributed by atoms with Crippen molar-refractivity contribution in [2.24, 2.45) is 0 Å². The molecule has 1 amide bonds. The molecule has 0 fully saturated rings. The third-order valence-electron chi connectivity index (χ3n) is 3.94. The number of aliphatic hydroxyl groups excluding tert-OH is 2. The summed E-state index contributed by atoms with van der Waals surface area (Å²) in [6, 6.07) is 17.1. The van der Waals surface area contributed by atoms with Gasteiger partial charge in [-0.05, 0) is 39.4 Å². The van der Waals surface area contributed by atoms with E-state index >= 15 is 0 Å². The number of hydrogen-bond donors (Lipinski definition) is 3. The van der Waals surface area contributed by atoms with Gasteiger partial charge in [-0.25, -0.2) is 0 Å². The number of benzene rings is 3. The normalized spacial score (nSPS) is 13.6. The summed E-state index contributed by atoms with van der Waals surface area (Å²) in [7, 11) is 0. The summed E-state index contributed by atoms with van der Waals surface area (Å²) in [5, 5.41) is 25.2. The fourth-order valence-corrected chi connectivity index (χ4v) is 3.12. The molecule has 0 saturated carbocycles. The molecule has 0 bridgehead atoms. The minimum Gasteiger partial charge on any atom is -0.482 e. The number of carbonyl (C=O) groups excluding carboxylic acids is 1. The molecule has 3 rings (SSSR count). The molecule has 0 aliphatic heterocycles. The highest BCUT2D eigenvalue weighted by atomic mass is 127. The number of aliphatic hydroxyl groups is 2. The molecule has 2 atom stereocenters. The van der Waals surface area contributed by atoms with Gasteiger partial charge < -0.3 is 20.3 Å². The maximum Gasteiger partial charge on any atom is 0.258 e. The lowest BCUT2D eigenvalue weighted by Crippen LogP contribution is -2.45. The lowest BCUT2D eigenvalue weighted by Gasteiger charge is -2.18. The number of hydrogen-bond acceptors (Lipinski definition) is 4. The molecule has 25 heavy (non-hydrogen) atoms. The Bertz CT molecular complexity index is 843. The highest BCUT2D eigenvalue weighted by Gasteiger charge is 2.18. The second kappa shape index (κ2) is 7.99. The highest BCUT2D eigenvalue weighted by molar-refractivity contribution is 14.1. The first-order chi connectivity index (χ1) is 12.1. The second-order valence-electron chi connectivity index (χ2n) is 5.67. The van der Waals surface area contributed by atoms with Crippen LogP contribution in [0.5, 0.6) is 5.75 Å². The largest absolute Gasteiger partial charge is 0.482 e. The smallest absolute Gasteiger partial charge is 0.258 e. The van der Waals surface area contributed by atoms with Crippen LogP contribution < -0.4 is 10.1 Å². The zero-order valence-corrected chi connectivity index (χ0v) is 15.5. The van der Waals surface area contributed by atoms with Crippen LogP contribution in [-0.4, -0.2) is 39.5 Å². The van der Waals surface area contributed by atoms with E-state index in [1.54, 1.807) is 22.6 Å². The zero-order valence-electron chi connectivity index (χ0n) is 13.4. The lowest BCUT2D eigenvalue weighted by atomic mass is 10.0. The van der Waals surface area contributed by atoms with Crippen molar-refractivity contribution in [1.82, 2.24) is 5.32 Å². The van der Waals surface area contributed by atoms with Crippen molar-refractivity contribution < 1.29 is 19.7 Å². The second-order valence-corrected chi connectivity index (χ2v) is 6.94. The van der Waals surface area contributed by atoms with Gasteiger partial charge in [-0.2, -0.15) is 0 Å². The summed E-state index contributed by atoms with van der Waals surface area (Å²) >= 11 is 1.74. The Morgan fingerprint density at radius 3 is 2.16 bits per heavy atom. The predicted molar refractivity (Wildman–Crippen MR) is 106 cm³/mol. The van der Waals surface area contributed by atoms with E-state index < -0.39 is 16.1 Å². The van der Waals surface area contributed by atoms with Crippen molar-refractivity contribution in [2.75, 3.05) is 13.2 Å². The van der Waals surface area contributed by atoms with Crippen LogP contribution in [0.3, 0.4) is 0 Å². The zero-order chi connectivity index (χ0) is 17.8. The molecule has 0 aliphatic rings. The summed E-state index contributed by atoms with van der Waals surface area (Å²) in [4.78, 5) is 12.1. The van der Waals surface area contributed by atoms with Crippen LogP contribution in [0.4, 0.5) is 0 Å². The number of amides is 1. The summed E-state index contributed by atoms with van der Waals surface area (Å²) < 4.78 is 4.97. The number of carbonyl (C=O) groups is 1. The van der Waals surface area contributed by atoms with Crippen LogP contribution in [0.15, 0.2) is 54.6 Å². The Morgan fingerprint density at radius 2 is 1.64 bits per heavy atom. The van der Waals surface area contributed by atoms with Gasteiger partial charge in [0, 0.05) is 10.8 Å². The molecule has 0 heterocycles. The van der Waals surface area contributed by atoms with E-state index in [1.807, 2.05) is 48.5 Å². The molecular weight excluding hydrogens is 433 g/mol. The average molecular weight is 451 g/mol. The number of fused-ring (bicyclic) bond motifs is 2. The fraction of sp³-hybridized carbons (Fsp3) is 0.211. The van der Waals surface area contributed by atoms with Crippen LogP contribution in [0.1, 0.15) is 0 Å². The molecule has 130 valence electrons. The van der Waals surface area contributed by atoms with Gasteiger partial charge in [0.1, 0.15) is 9.86 Å².